The molecule has 6 nitrogen and oxygen atoms in total. The number of nitrogens with zero attached hydrogens (tertiary/aromatic N) is 2. The van der Waals surface area contributed by atoms with Crippen LogP contribution in [-0.2, 0) is 6.54 Å². The minimum atomic E-state index is -0.101. The van der Waals surface area contributed by atoms with E-state index in [4.69, 9.17) is 4.74 Å². The van der Waals surface area contributed by atoms with Crippen molar-refractivity contribution >= 4 is 17.2 Å². The Hall–Kier alpha value is -2.64. The first-order chi connectivity index (χ1) is 12.2. The SMILES string of the molecule is COc1cccc(-c2cc3n(n2)[C@H](NCc2cccs2)CNC3=O)c1. The number of amides is 1. The van der Waals surface area contributed by atoms with Crippen molar-refractivity contribution in [1.82, 2.24) is 20.4 Å². The molecule has 1 aromatic carbocycles. The highest BCUT2D eigenvalue weighted by atomic mass is 32.1. The Morgan fingerprint density at radius 1 is 1.36 bits per heavy atom. The Morgan fingerprint density at radius 2 is 2.28 bits per heavy atom. The van der Waals surface area contributed by atoms with E-state index in [1.807, 2.05) is 36.4 Å². The van der Waals surface area contributed by atoms with Crippen molar-refractivity contribution in [3.63, 3.8) is 0 Å². The van der Waals surface area contributed by atoms with E-state index in [0.717, 1.165) is 23.6 Å². The number of carbonyl (C=O) groups excluding carboxylic acids is 1. The summed E-state index contributed by atoms with van der Waals surface area (Å²) in [5, 5.41) is 13.1. The standard InChI is InChI=1S/C18H18N4O2S/c1-24-13-5-2-4-12(8-13)15-9-16-18(23)20-11-17(22(16)21-15)19-10-14-6-3-7-25-14/h2-9,17,19H,10-11H2,1H3,(H,20,23)/t17-/m0/s1. The predicted octanol–water partition coefficient (Wildman–Crippen LogP) is 2.65. The molecular formula is C18H18N4O2S. The van der Waals surface area contributed by atoms with Crippen LogP contribution in [0.5, 0.6) is 5.75 Å². The fraction of sp³-hybridized carbons (Fsp3) is 0.222. The number of methoxy groups -OCH3 is 1. The molecule has 0 spiro atoms. The van der Waals surface area contributed by atoms with Gasteiger partial charge in [0.2, 0.25) is 0 Å². The van der Waals surface area contributed by atoms with E-state index in [0.29, 0.717) is 12.2 Å². The molecule has 3 aromatic rings. The van der Waals surface area contributed by atoms with Crippen molar-refractivity contribution in [1.29, 1.82) is 0 Å². The molecule has 1 aliphatic rings. The largest absolute Gasteiger partial charge is 0.497 e. The van der Waals surface area contributed by atoms with Gasteiger partial charge >= 0.3 is 0 Å². The summed E-state index contributed by atoms with van der Waals surface area (Å²) in [6, 6.07) is 13.6. The van der Waals surface area contributed by atoms with E-state index < -0.39 is 0 Å². The van der Waals surface area contributed by atoms with E-state index in [2.05, 4.69) is 27.2 Å². The third kappa shape index (κ3) is 3.16. The second kappa shape index (κ2) is 6.70. The first-order valence-electron chi connectivity index (χ1n) is 8.02. The van der Waals surface area contributed by atoms with Gasteiger partial charge in [-0.3, -0.25) is 10.1 Å². The molecule has 1 aliphatic heterocycles. The number of hydrogen-bond acceptors (Lipinski definition) is 5. The summed E-state index contributed by atoms with van der Waals surface area (Å²) in [6.45, 7) is 1.25. The maximum atomic E-state index is 12.2. The van der Waals surface area contributed by atoms with Gasteiger partial charge in [0.15, 0.2) is 0 Å². The summed E-state index contributed by atoms with van der Waals surface area (Å²) in [5.41, 5.74) is 2.24. The van der Waals surface area contributed by atoms with E-state index in [9.17, 15) is 4.79 Å². The molecule has 2 aromatic heterocycles. The summed E-state index contributed by atoms with van der Waals surface area (Å²) < 4.78 is 7.05. The van der Waals surface area contributed by atoms with Gasteiger partial charge in [-0.05, 0) is 29.6 Å². The van der Waals surface area contributed by atoms with Crippen LogP contribution in [0.3, 0.4) is 0 Å². The van der Waals surface area contributed by atoms with Crippen molar-refractivity contribution < 1.29 is 9.53 Å². The highest BCUT2D eigenvalue weighted by Crippen LogP contribution is 2.26. The van der Waals surface area contributed by atoms with Crippen LogP contribution < -0.4 is 15.4 Å². The molecule has 0 fully saturated rings. The zero-order valence-corrected chi connectivity index (χ0v) is 14.5. The summed E-state index contributed by atoms with van der Waals surface area (Å²) in [4.78, 5) is 13.5. The highest BCUT2D eigenvalue weighted by Gasteiger charge is 2.27. The number of carbonyl (C=O) groups is 1. The second-order valence-corrected chi connectivity index (χ2v) is 6.81. The lowest BCUT2D eigenvalue weighted by Crippen LogP contribution is -2.45. The molecule has 0 saturated carbocycles. The van der Waals surface area contributed by atoms with Crippen LogP contribution in [0.1, 0.15) is 21.5 Å². The van der Waals surface area contributed by atoms with E-state index in [1.54, 1.807) is 23.1 Å². The first kappa shape index (κ1) is 15.9. The van der Waals surface area contributed by atoms with Crippen LogP contribution in [-0.4, -0.2) is 29.3 Å². The fourth-order valence-corrected chi connectivity index (χ4v) is 3.54. The Kier molecular flexibility index (Phi) is 4.25. The minimum Gasteiger partial charge on any atom is -0.497 e. The maximum absolute atomic E-state index is 12.2. The smallest absolute Gasteiger partial charge is 0.269 e. The number of fused-ring (bicyclic) bond motifs is 1. The lowest BCUT2D eigenvalue weighted by atomic mass is 10.1. The zero-order valence-electron chi connectivity index (χ0n) is 13.7. The number of nitrogens with one attached hydrogen (secondary N) is 2. The van der Waals surface area contributed by atoms with E-state index in [1.165, 1.54) is 4.88 Å². The second-order valence-electron chi connectivity index (χ2n) is 5.78. The minimum absolute atomic E-state index is 0.0749. The third-order valence-electron chi connectivity index (χ3n) is 4.18. The summed E-state index contributed by atoms with van der Waals surface area (Å²) in [7, 11) is 1.63. The molecule has 25 heavy (non-hydrogen) atoms. The molecule has 0 aliphatic carbocycles. The zero-order chi connectivity index (χ0) is 17.2. The molecule has 0 saturated heterocycles. The van der Waals surface area contributed by atoms with Gasteiger partial charge in [-0.1, -0.05) is 18.2 Å². The average molecular weight is 354 g/mol. The Morgan fingerprint density at radius 3 is 3.08 bits per heavy atom. The van der Waals surface area contributed by atoms with Gasteiger partial charge in [0.1, 0.15) is 17.6 Å². The topological polar surface area (TPSA) is 68.2 Å². The van der Waals surface area contributed by atoms with Crippen LogP contribution in [0.25, 0.3) is 11.3 Å². The van der Waals surface area contributed by atoms with Gasteiger partial charge in [-0.25, -0.2) is 4.68 Å². The van der Waals surface area contributed by atoms with Crippen LogP contribution in [0.2, 0.25) is 0 Å². The third-order valence-corrected chi connectivity index (χ3v) is 5.05. The van der Waals surface area contributed by atoms with Gasteiger partial charge in [0.25, 0.3) is 5.91 Å². The lowest BCUT2D eigenvalue weighted by Gasteiger charge is -2.25. The molecule has 1 amide bonds. The Bertz CT molecular complexity index is 888. The summed E-state index contributed by atoms with van der Waals surface area (Å²) >= 11 is 1.71. The molecule has 128 valence electrons. The van der Waals surface area contributed by atoms with Crippen molar-refractivity contribution in [3.05, 3.63) is 58.4 Å². The molecule has 0 radical (unpaired) electrons. The van der Waals surface area contributed by atoms with Gasteiger partial charge in [-0.2, -0.15) is 5.10 Å². The molecule has 3 heterocycles. The Balaban J connectivity index is 1.62. The van der Waals surface area contributed by atoms with Crippen LogP contribution in [0.4, 0.5) is 0 Å². The molecule has 1 atom stereocenters. The number of aromatic nitrogens is 2. The molecule has 0 unspecified atom stereocenters. The number of hydrogen-bond donors (Lipinski definition) is 2. The first-order valence-corrected chi connectivity index (χ1v) is 8.90. The lowest BCUT2D eigenvalue weighted by molar-refractivity contribution is 0.0900. The van der Waals surface area contributed by atoms with Crippen molar-refractivity contribution in [2.24, 2.45) is 0 Å². The van der Waals surface area contributed by atoms with Crippen molar-refractivity contribution in [3.8, 4) is 17.0 Å². The molecular weight excluding hydrogens is 336 g/mol. The summed E-state index contributed by atoms with van der Waals surface area (Å²) in [6.07, 6.45) is -0.0749. The number of benzene rings is 1. The summed E-state index contributed by atoms with van der Waals surface area (Å²) in [5.74, 6) is 0.663. The fourth-order valence-electron chi connectivity index (χ4n) is 2.88. The van der Waals surface area contributed by atoms with Gasteiger partial charge < -0.3 is 10.1 Å². The van der Waals surface area contributed by atoms with Gasteiger partial charge in [-0.15, -0.1) is 11.3 Å². The van der Waals surface area contributed by atoms with Crippen molar-refractivity contribution in [2.45, 2.75) is 12.7 Å². The predicted molar refractivity (Wildman–Crippen MR) is 96.7 cm³/mol. The molecule has 7 heteroatoms. The molecule has 2 N–H and O–H groups in total. The normalized spacial score (nSPS) is 16.4. The van der Waals surface area contributed by atoms with Crippen LogP contribution in [0.15, 0.2) is 47.8 Å². The monoisotopic (exact) mass is 354 g/mol. The number of rotatable bonds is 5. The average Bonchev–Trinajstić information content (AvgIpc) is 3.31. The van der Waals surface area contributed by atoms with Crippen molar-refractivity contribution in [2.75, 3.05) is 13.7 Å². The maximum Gasteiger partial charge on any atom is 0.269 e. The van der Waals surface area contributed by atoms with Gasteiger partial charge in [0, 0.05) is 17.0 Å². The van der Waals surface area contributed by atoms with Gasteiger partial charge in [0.05, 0.1) is 19.3 Å². The van der Waals surface area contributed by atoms with Crippen LogP contribution in [0, 0.1) is 0 Å². The number of thiophene rings is 1. The highest BCUT2D eigenvalue weighted by molar-refractivity contribution is 7.09. The molecule has 0 bridgehead atoms. The Labute approximate surface area is 149 Å². The van der Waals surface area contributed by atoms with E-state index in [-0.39, 0.29) is 12.1 Å². The quantitative estimate of drug-likeness (QED) is 0.739. The van der Waals surface area contributed by atoms with Crippen LogP contribution >= 0.6 is 11.3 Å². The van der Waals surface area contributed by atoms with E-state index >= 15 is 0 Å². The molecule has 4 rings (SSSR count). The number of ether oxygens (including phenoxy) is 1.